The summed E-state index contributed by atoms with van der Waals surface area (Å²) in [5.74, 6) is -3.27. The van der Waals surface area contributed by atoms with Crippen LogP contribution in [0.1, 0.15) is 47.9 Å². The molecule has 1 aromatic carbocycles. The average molecular weight is 523 g/mol. The number of rotatable bonds is 6. The number of hydrogen-bond donors (Lipinski definition) is 5. The van der Waals surface area contributed by atoms with Gasteiger partial charge >= 0.3 is 11.9 Å². The Kier molecular flexibility index (Phi) is 9.49. The first-order valence-electron chi connectivity index (χ1n) is 10.5. The lowest BCUT2D eigenvalue weighted by atomic mass is 9.89. The van der Waals surface area contributed by atoms with Crippen LogP contribution in [0.4, 0.5) is 5.00 Å². The van der Waals surface area contributed by atoms with E-state index in [1.54, 1.807) is 12.1 Å². The first-order valence-corrected chi connectivity index (χ1v) is 12.9. The van der Waals surface area contributed by atoms with Gasteiger partial charge in [0.05, 0.1) is 17.0 Å². The SMILES string of the molecule is CC1CCc2c(sc(NC(=O)CNC(C)c3ccc(S(N)(=O)=O)cc3)c2C#N)C1.O=C(O)C(=O)O. The Morgan fingerprint density at radius 3 is 2.34 bits per heavy atom. The molecule has 35 heavy (non-hydrogen) atoms. The van der Waals surface area contributed by atoms with Crippen LogP contribution in [0.5, 0.6) is 0 Å². The first-order chi connectivity index (χ1) is 16.3. The van der Waals surface area contributed by atoms with Gasteiger partial charge in [0.1, 0.15) is 11.1 Å². The quantitative estimate of drug-likeness (QED) is 0.351. The maximum absolute atomic E-state index is 12.4. The summed E-state index contributed by atoms with van der Waals surface area (Å²) >= 11 is 1.50. The second-order valence-corrected chi connectivity index (χ2v) is 10.7. The molecule has 0 spiro atoms. The zero-order chi connectivity index (χ0) is 26.3. The van der Waals surface area contributed by atoms with E-state index in [9.17, 15) is 18.5 Å². The fourth-order valence-electron chi connectivity index (χ4n) is 3.44. The second kappa shape index (κ2) is 11.9. The molecule has 0 bridgehead atoms. The summed E-state index contributed by atoms with van der Waals surface area (Å²) in [7, 11) is -3.73. The molecule has 6 N–H and O–H groups in total. The van der Waals surface area contributed by atoms with Gasteiger partial charge in [-0.2, -0.15) is 5.26 Å². The minimum absolute atomic E-state index is 0.0474. The number of sulfonamides is 1. The van der Waals surface area contributed by atoms with E-state index in [-0.39, 0.29) is 23.4 Å². The molecule has 11 nitrogen and oxygen atoms in total. The largest absolute Gasteiger partial charge is 0.473 e. The predicted octanol–water partition coefficient (Wildman–Crippen LogP) is 1.84. The lowest BCUT2D eigenvalue weighted by Crippen LogP contribution is -2.30. The molecule has 3 rings (SSSR count). The maximum atomic E-state index is 12.4. The Morgan fingerprint density at radius 2 is 1.83 bits per heavy atom. The third-order valence-electron chi connectivity index (χ3n) is 5.34. The van der Waals surface area contributed by atoms with Crippen molar-refractivity contribution in [3.8, 4) is 6.07 Å². The molecular weight excluding hydrogens is 496 g/mol. The maximum Gasteiger partial charge on any atom is 0.414 e. The second-order valence-electron chi connectivity index (χ2n) is 8.04. The van der Waals surface area contributed by atoms with Gasteiger partial charge in [-0.25, -0.2) is 23.1 Å². The third-order valence-corrected chi connectivity index (χ3v) is 7.44. The van der Waals surface area contributed by atoms with Gasteiger partial charge in [0.2, 0.25) is 15.9 Å². The molecular formula is C22H26N4O7S2. The van der Waals surface area contributed by atoms with E-state index in [0.717, 1.165) is 30.4 Å². The molecule has 0 saturated heterocycles. The Bertz CT molecular complexity index is 1240. The fraction of sp³-hybridized carbons (Fsp3) is 0.364. The van der Waals surface area contributed by atoms with Crippen molar-refractivity contribution < 1.29 is 33.0 Å². The number of nitrogens with zero attached hydrogens (tertiary/aromatic N) is 1. The van der Waals surface area contributed by atoms with Crippen molar-refractivity contribution in [3.63, 3.8) is 0 Å². The molecule has 13 heteroatoms. The van der Waals surface area contributed by atoms with Crippen molar-refractivity contribution in [3.05, 3.63) is 45.8 Å². The van der Waals surface area contributed by atoms with E-state index < -0.39 is 22.0 Å². The van der Waals surface area contributed by atoms with Crippen LogP contribution in [0.3, 0.4) is 0 Å². The molecule has 1 amide bonds. The van der Waals surface area contributed by atoms with Gasteiger partial charge in [0.25, 0.3) is 0 Å². The number of carboxylic acid groups (broad SMARTS) is 2. The minimum Gasteiger partial charge on any atom is -0.473 e. The van der Waals surface area contributed by atoms with Crippen LogP contribution in [-0.2, 0) is 37.2 Å². The first kappa shape index (κ1) is 27.9. The summed E-state index contributed by atoms with van der Waals surface area (Å²) in [6.07, 6.45) is 2.90. The molecule has 0 saturated carbocycles. The van der Waals surface area contributed by atoms with Crippen molar-refractivity contribution in [1.29, 1.82) is 5.26 Å². The Morgan fingerprint density at radius 1 is 1.23 bits per heavy atom. The third kappa shape index (κ3) is 7.86. The summed E-state index contributed by atoms with van der Waals surface area (Å²) in [5, 5.41) is 36.0. The predicted molar refractivity (Wildman–Crippen MR) is 128 cm³/mol. The van der Waals surface area contributed by atoms with E-state index in [4.69, 9.17) is 24.9 Å². The molecule has 2 unspecified atom stereocenters. The smallest absolute Gasteiger partial charge is 0.414 e. The van der Waals surface area contributed by atoms with Gasteiger partial charge in [-0.3, -0.25) is 4.79 Å². The van der Waals surface area contributed by atoms with E-state index in [1.165, 1.54) is 28.3 Å². The van der Waals surface area contributed by atoms with Crippen LogP contribution in [-0.4, -0.2) is 43.0 Å². The van der Waals surface area contributed by atoms with Crippen LogP contribution < -0.4 is 15.8 Å². The van der Waals surface area contributed by atoms with Crippen molar-refractivity contribution >= 4 is 44.2 Å². The van der Waals surface area contributed by atoms with Gasteiger partial charge in [0, 0.05) is 10.9 Å². The molecule has 1 aliphatic rings. The zero-order valence-electron chi connectivity index (χ0n) is 19.1. The summed E-state index contributed by atoms with van der Waals surface area (Å²) in [6.45, 7) is 4.15. The van der Waals surface area contributed by atoms with E-state index in [1.807, 2.05) is 6.92 Å². The number of benzene rings is 1. The van der Waals surface area contributed by atoms with Gasteiger partial charge in [0.15, 0.2) is 0 Å². The highest BCUT2D eigenvalue weighted by molar-refractivity contribution is 7.89. The standard InChI is InChI=1S/C20H24N4O3S2.C2H2O4/c1-12-3-8-16-17(10-21)20(28-18(16)9-12)24-19(25)11-23-13(2)14-4-6-15(7-5-14)29(22,26)27;3-1(4)2(5)6/h4-7,12-13,23H,3,8-9,11H2,1-2H3,(H,24,25)(H2,22,26,27);(H,3,4)(H,5,6). The molecule has 2 aromatic rings. The number of carboxylic acids is 2. The number of carbonyl (C=O) groups excluding carboxylic acids is 1. The highest BCUT2D eigenvalue weighted by Gasteiger charge is 2.24. The Labute approximate surface area is 206 Å². The molecule has 0 aliphatic heterocycles. The Balaban J connectivity index is 0.000000641. The molecule has 1 aromatic heterocycles. The van der Waals surface area contributed by atoms with Gasteiger partial charge < -0.3 is 20.8 Å². The zero-order valence-corrected chi connectivity index (χ0v) is 20.7. The number of carbonyl (C=O) groups is 3. The normalized spacial score (nSPS) is 15.5. The molecule has 188 valence electrons. The topological polar surface area (TPSA) is 200 Å². The number of primary sulfonamides is 1. The number of hydrogen-bond acceptors (Lipinski definition) is 8. The number of nitrogens with one attached hydrogen (secondary N) is 2. The van der Waals surface area contributed by atoms with Gasteiger partial charge in [-0.1, -0.05) is 19.1 Å². The van der Waals surface area contributed by atoms with Gasteiger partial charge in [-0.15, -0.1) is 11.3 Å². The van der Waals surface area contributed by atoms with E-state index in [2.05, 4.69) is 23.6 Å². The number of nitrogens with two attached hydrogens (primary N) is 1. The van der Waals surface area contributed by atoms with Crippen LogP contribution in [0.25, 0.3) is 0 Å². The van der Waals surface area contributed by atoms with E-state index in [0.29, 0.717) is 16.5 Å². The molecule has 0 radical (unpaired) electrons. The van der Waals surface area contributed by atoms with Crippen molar-refractivity contribution in [2.45, 2.75) is 44.0 Å². The fourth-order valence-corrected chi connectivity index (χ4v) is 5.33. The van der Waals surface area contributed by atoms with Crippen LogP contribution >= 0.6 is 11.3 Å². The lowest BCUT2D eigenvalue weighted by Gasteiger charge is -2.17. The van der Waals surface area contributed by atoms with Crippen molar-refractivity contribution in [1.82, 2.24) is 5.32 Å². The molecule has 1 aliphatic carbocycles. The summed E-state index contributed by atoms with van der Waals surface area (Å²) in [6, 6.07) is 8.30. The van der Waals surface area contributed by atoms with Gasteiger partial charge in [-0.05, 0) is 55.4 Å². The lowest BCUT2D eigenvalue weighted by molar-refractivity contribution is -0.159. The summed E-state index contributed by atoms with van der Waals surface area (Å²) in [4.78, 5) is 31.9. The Hall–Kier alpha value is -3.31. The number of thiophene rings is 1. The molecule has 1 heterocycles. The van der Waals surface area contributed by atoms with Crippen molar-refractivity contribution in [2.75, 3.05) is 11.9 Å². The highest BCUT2D eigenvalue weighted by atomic mass is 32.2. The number of fused-ring (bicyclic) bond motifs is 1. The van der Waals surface area contributed by atoms with E-state index >= 15 is 0 Å². The number of anilines is 1. The van der Waals surface area contributed by atoms with Crippen molar-refractivity contribution in [2.24, 2.45) is 11.1 Å². The van der Waals surface area contributed by atoms with Crippen LogP contribution in [0.15, 0.2) is 29.2 Å². The summed E-state index contributed by atoms with van der Waals surface area (Å²) < 4.78 is 22.7. The van der Waals surface area contributed by atoms with Crippen LogP contribution in [0.2, 0.25) is 0 Å². The highest BCUT2D eigenvalue weighted by Crippen LogP contribution is 2.39. The monoisotopic (exact) mass is 522 g/mol. The molecule has 2 atom stereocenters. The minimum atomic E-state index is -3.73. The average Bonchev–Trinajstić information content (AvgIpc) is 3.12. The number of amides is 1. The number of nitriles is 1. The van der Waals surface area contributed by atoms with Crippen LogP contribution in [0, 0.1) is 17.2 Å². The summed E-state index contributed by atoms with van der Waals surface area (Å²) in [5.41, 5.74) is 2.52. The molecule has 0 fully saturated rings. The number of aliphatic carboxylic acids is 2.